The summed E-state index contributed by atoms with van der Waals surface area (Å²) in [5, 5.41) is 12.6. The average Bonchev–Trinajstić information content (AvgIpc) is 3.08. The van der Waals surface area contributed by atoms with Gasteiger partial charge in [-0.3, -0.25) is 4.79 Å². The Morgan fingerprint density at radius 3 is 2.09 bits per heavy atom. The molecule has 2 aromatic carbocycles. The topological polar surface area (TPSA) is 105 Å². The van der Waals surface area contributed by atoms with Crippen molar-refractivity contribution in [1.82, 2.24) is 10.6 Å². The van der Waals surface area contributed by atoms with E-state index in [1.165, 1.54) is 5.32 Å². The van der Waals surface area contributed by atoms with E-state index in [0.29, 0.717) is 13.0 Å². The first-order valence-corrected chi connectivity index (χ1v) is 9.92. The standard InChI is InChI=1S/C23H21F3N2O5/c1-22(20(30)31,23(24,25)26)28-19(29)11-6-12-27-21(32)33-13-18-16-9-4-2-7-14(16)15-8-3-5-10-17(15)18/h2-11,18H,12-13H2,1H3,(H,27,32)(H,28,29)(H,30,31)/b11-6+. The summed E-state index contributed by atoms with van der Waals surface area (Å²) in [5.41, 5.74) is 0.782. The van der Waals surface area contributed by atoms with Gasteiger partial charge in [-0.1, -0.05) is 54.6 Å². The number of halogens is 3. The van der Waals surface area contributed by atoms with Crippen molar-refractivity contribution in [2.45, 2.75) is 24.6 Å². The highest BCUT2D eigenvalue weighted by molar-refractivity contribution is 5.93. The Balaban J connectivity index is 1.51. The Morgan fingerprint density at radius 2 is 1.58 bits per heavy atom. The van der Waals surface area contributed by atoms with E-state index < -0.39 is 29.7 Å². The van der Waals surface area contributed by atoms with E-state index in [-0.39, 0.29) is 19.1 Å². The number of carboxylic acids is 1. The molecule has 0 bridgehead atoms. The Bertz CT molecular complexity index is 1050. The summed E-state index contributed by atoms with van der Waals surface area (Å²) in [6.45, 7) is 0.211. The first kappa shape index (κ1) is 23.8. The monoisotopic (exact) mass is 462 g/mol. The van der Waals surface area contributed by atoms with Crippen LogP contribution in [0.4, 0.5) is 18.0 Å². The van der Waals surface area contributed by atoms with E-state index in [1.807, 2.05) is 48.5 Å². The lowest BCUT2D eigenvalue weighted by atomic mass is 9.98. The van der Waals surface area contributed by atoms with Crippen LogP contribution in [0.1, 0.15) is 24.0 Å². The normalized spacial score (nSPS) is 14.8. The fraction of sp³-hybridized carbons (Fsp3) is 0.261. The van der Waals surface area contributed by atoms with Crippen molar-refractivity contribution in [2.24, 2.45) is 0 Å². The van der Waals surface area contributed by atoms with Crippen molar-refractivity contribution >= 4 is 18.0 Å². The summed E-state index contributed by atoms with van der Waals surface area (Å²) in [7, 11) is 0. The van der Waals surface area contributed by atoms with Crippen molar-refractivity contribution in [3.05, 3.63) is 71.8 Å². The predicted molar refractivity (Wildman–Crippen MR) is 112 cm³/mol. The van der Waals surface area contributed by atoms with Crippen LogP contribution in [-0.4, -0.2) is 47.9 Å². The molecule has 1 aliphatic rings. The molecule has 0 aromatic heterocycles. The minimum atomic E-state index is -5.19. The lowest BCUT2D eigenvalue weighted by Gasteiger charge is -2.27. The number of amides is 2. The number of ether oxygens (including phenoxy) is 1. The highest BCUT2D eigenvalue weighted by Crippen LogP contribution is 2.44. The smallest absolute Gasteiger partial charge is 0.422 e. The van der Waals surface area contributed by atoms with Gasteiger partial charge in [0.25, 0.3) is 0 Å². The maximum absolute atomic E-state index is 12.9. The Morgan fingerprint density at radius 1 is 1.03 bits per heavy atom. The van der Waals surface area contributed by atoms with Gasteiger partial charge in [-0.2, -0.15) is 13.2 Å². The summed E-state index contributed by atoms with van der Waals surface area (Å²) in [4.78, 5) is 34.6. The number of benzene rings is 2. The van der Waals surface area contributed by atoms with Crippen LogP contribution in [-0.2, 0) is 14.3 Å². The zero-order valence-corrected chi connectivity index (χ0v) is 17.5. The van der Waals surface area contributed by atoms with Crippen molar-refractivity contribution in [3.8, 4) is 11.1 Å². The molecule has 2 aromatic rings. The molecule has 1 unspecified atom stereocenters. The first-order valence-electron chi connectivity index (χ1n) is 9.92. The summed E-state index contributed by atoms with van der Waals surface area (Å²) >= 11 is 0. The lowest BCUT2D eigenvalue weighted by Crippen LogP contribution is -2.61. The molecule has 0 saturated heterocycles. The van der Waals surface area contributed by atoms with E-state index in [0.717, 1.165) is 28.3 Å². The first-order chi connectivity index (χ1) is 15.5. The van der Waals surface area contributed by atoms with E-state index >= 15 is 0 Å². The van der Waals surface area contributed by atoms with E-state index in [4.69, 9.17) is 9.84 Å². The fourth-order valence-electron chi connectivity index (χ4n) is 3.49. The summed E-state index contributed by atoms with van der Waals surface area (Å²) < 4.78 is 44.0. The predicted octanol–water partition coefficient (Wildman–Crippen LogP) is 3.60. The van der Waals surface area contributed by atoms with Gasteiger partial charge >= 0.3 is 18.2 Å². The number of hydrogen-bond acceptors (Lipinski definition) is 4. The van der Waals surface area contributed by atoms with Gasteiger partial charge in [0.05, 0.1) is 0 Å². The third kappa shape index (κ3) is 5.00. The SMILES string of the molecule is CC(NC(=O)/C=C/CNC(=O)OCC1c2ccccc2-c2ccccc21)(C(=O)O)C(F)(F)F. The van der Waals surface area contributed by atoms with Crippen LogP contribution in [0.15, 0.2) is 60.7 Å². The molecule has 0 fully saturated rings. The van der Waals surface area contributed by atoms with Crippen molar-refractivity contribution < 1.29 is 37.4 Å². The number of nitrogens with one attached hydrogen (secondary N) is 2. The molecule has 1 aliphatic carbocycles. The Hall–Kier alpha value is -3.82. The number of fused-ring (bicyclic) bond motifs is 3. The Labute approximate surface area is 187 Å². The molecule has 33 heavy (non-hydrogen) atoms. The molecule has 0 saturated carbocycles. The summed E-state index contributed by atoms with van der Waals surface area (Å²) in [6, 6.07) is 15.6. The number of hydrogen-bond donors (Lipinski definition) is 3. The number of carbonyl (C=O) groups excluding carboxylic acids is 2. The van der Waals surface area contributed by atoms with Gasteiger partial charge in [-0.15, -0.1) is 0 Å². The van der Waals surface area contributed by atoms with Crippen LogP contribution in [0.5, 0.6) is 0 Å². The number of aliphatic carboxylic acids is 1. The third-order valence-corrected chi connectivity index (χ3v) is 5.35. The lowest BCUT2D eigenvalue weighted by molar-refractivity contribution is -0.206. The maximum atomic E-state index is 12.9. The molecule has 0 heterocycles. The largest absolute Gasteiger partial charge is 0.479 e. The molecular weight excluding hydrogens is 441 g/mol. The highest BCUT2D eigenvalue weighted by atomic mass is 19.4. The van der Waals surface area contributed by atoms with E-state index in [9.17, 15) is 27.6 Å². The van der Waals surface area contributed by atoms with Crippen molar-refractivity contribution in [1.29, 1.82) is 0 Å². The van der Waals surface area contributed by atoms with Gasteiger partial charge in [0, 0.05) is 18.5 Å². The fourth-order valence-corrected chi connectivity index (χ4v) is 3.49. The van der Waals surface area contributed by atoms with Crippen molar-refractivity contribution in [2.75, 3.05) is 13.2 Å². The molecule has 10 heteroatoms. The number of alkyl halides is 3. The molecule has 7 nitrogen and oxygen atoms in total. The number of rotatable bonds is 7. The summed E-state index contributed by atoms with van der Waals surface area (Å²) in [5.74, 6) is -3.65. The number of carbonyl (C=O) groups is 3. The zero-order chi connectivity index (χ0) is 24.2. The molecule has 1 atom stereocenters. The van der Waals surface area contributed by atoms with Crippen LogP contribution in [0.3, 0.4) is 0 Å². The van der Waals surface area contributed by atoms with Crippen molar-refractivity contribution in [3.63, 3.8) is 0 Å². The zero-order valence-electron chi connectivity index (χ0n) is 17.5. The number of alkyl carbamates (subject to hydrolysis) is 1. The van der Waals surface area contributed by atoms with Gasteiger partial charge in [0.1, 0.15) is 6.61 Å². The molecule has 2 amide bonds. The quantitative estimate of drug-likeness (QED) is 0.546. The summed E-state index contributed by atoms with van der Waals surface area (Å²) in [6.07, 6.45) is -4.18. The van der Waals surface area contributed by atoms with E-state index in [2.05, 4.69) is 5.32 Å². The minimum Gasteiger partial charge on any atom is -0.479 e. The minimum absolute atomic E-state index is 0.0760. The second-order valence-corrected chi connectivity index (χ2v) is 7.53. The molecular formula is C23H21F3N2O5. The second kappa shape index (κ2) is 9.35. The maximum Gasteiger partial charge on any atom is 0.422 e. The highest BCUT2D eigenvalue weighted by Gasteiger charge is 2.58. The van der Waals surface area contributed by atoms with Crippen LogP contribution >= 0.6 is 0 Å². The molecule has 3 N–H and O–H groups in total. The molecule has 3 rings (SSSR count). The third-order valence-electron chi connectivity index (χ3n) is 5.35. The van der Waals surface area contributed by atoms with E-state index in [1.54, 1.807) is 0 Å². The van der Waals surface area contributed by atoms with Crippen LogP contribution in [0.25, 0.3) is 11.1 Å². The number of carboxylic acid groups (broad SMARTS) is 1. The van der Waals surface area contributed by atoms with Gasteiger partial charge in [0.2, 0.25) is 11.4 Å². The molecule has 174 valence electrons. The van der Waals surface area contributed by atoms with Crippen LogP contribution in [0.2, 0.25) is 0 Å². The van der Waals surface area contributed by atoms with Gasteiger partial charge in [0.15, 0.2) is 0 Å². The van der Waals surface area contributed by atoms with Gasteiger partial charge < -0.3 is 20.5 Å². The average molecular weight is 462 g/mol. The Kier molecular flexibility index (Phi) is 6.75. The molecule has 0 aliphatic heterocycles. The van der Waals surface area contributed by atoms with Gasteiger partial charge in [-0.25, -0.2) is 9.59 Å². The van der Waals surface area contributed by atoms with Gasteiger partial charge in [-0.05, 0) is 29.2 Å². The molecule has 0 radical (unpaired) electrons. The molecule has 0 spiro atoms. The van der Waals surface area contributed by atoms with Crippen LogP contribution < -0.4 is 10.6 Å². The second-order valence-electron chi connectivity index (χ2n) is 7.53. The van der Waals surface area contributed by atoms with Crippen LogP contribution in [0, 0.1) is 0 Å².